The fourth-order valence-electron chi connectivity index (χ4n) is 2.73. The molecule has 0 saturated heterocycles. The van der Waals surface area contributed by atoms with Crippen molar-refractivity contribution in [2.45, 2.75) is 19.9 Å². The van der Waals surface area contributed by atoms with Gasteiger partial charge in [0.2, 0.25) is 5.91 Å². The van der Waals surface area contributed by atoms with Crippen molar-refractivity contribution in [3.8, 4) is 16.3 Å². The highest BCUT2D eigenvalue weighted by Gasteiger charge is 2.15. The third kappa shape index (κ3) is 4.99. The lowest BCUT2D eigenvalue weighted by atomic mass is 10.2. The zero-order valence-electron chi connectivity index (χ0n) is 15.6. The second kappa shape index (κ2) is 8.71. The van der Waals surface area contributed by atoms with Gasteiger partial charge in [0.1, 0.15) is 10.8 Å². The second-order valence-corrected chi connectivity index (χ2v) is 8.06. The number of amides is 1. The van der Waals surface area contributed by atoms with Gasteiger partial charge < -0.3 is 14.2 Å². The van der Waals surface area contributed by atoms with E-state index in [1.165, 1.54) is 0 Å². The maximum Gasteiger partial charge on any atom is 0.228 e. The van der Waals surface area contributed by atoms with Crippen LogP contribution in [0.25, 0.3) is 10.6 Å². The van der Waals surface area contributed by atoms with Crippen LogP contribution < -0.4 is 4.74 Å². The minimum atomic E-state index is 0.0517. The Morgan fingerprint density at radius 1 is 1.33 bits per heavy atom. The number of hydrogen-bond acceptors (Lipinski definition) is 4. The van der Waals surface area contributed by atoms with Crippen LogP contribution in [0.2, 0.25) is 0 Å². The van der Waals surface area contributed by atoms with Crippen LogP contribution in [0.3, 0.4) is 0 Å². The normalized spacial score (nSPS) is 10.8. The van der Waals surface area contributed by atoms with Crippen molar-refractivity contribution in [2.24, 2.45) is 7.05 Å². The third-order valence-electron chi connectivity index (χ3n) is 4.20. The van der Waals surface area contributed by atoms with Crippen LogP contribution in [-0.4, -0.2) is 34.0 Å². The quantitative estimate of drug-likeness (QED) is 0.535. The molecule has 1 amide bonds. The summed E-state index contributed by atoms with van der Waals surface area (Å²) in [5, 5.41) is 2.87. The first-order valence-electron chi connectivity index (χ1n) is 8.68. The molecule has 27 heavy (non-hydrogen) atoms. The van der Waals surface area contributed by atoms with Gasteiger partial charge in [0.05, 0.1) is 25.3 Å². The summed E-state index contributed by atoms with van der Waals surface area (Å²) in [6.07, 6.45) is 2.28. The van der Waals surface area contributed by atoms with Crippen LogP contribution >= 0.6 is 27.3 Å². The summed E-state index contributed by atoms with van der Waals surface area (Å²) in [4.78, 5) is 18.9. The minimum absolute atomic E-state index is 0.0517. The van der Waals surface area contributed by atoms with Crippen LogP contribution in [0, 0.1) is 0 Å². The first-order valence-corrected chi connectivity index (χ1v) is 10.4. The number of rotatable bonds is 7. The van der Waals surface area contributed by atoms with Gasteiger partial charge in [-0.2, -0.15) is 0 Å². The molecule has 0 unspecified atom stereocenters. The molecule has 5 nitrogen and oxygen atoms in total. The zero-order valence-corrected chi connectivity index (χ0v) is 18.0. The summed E-state index contributed by atoms with van der Waals surface area (Å²) >= 11 is 5.01. The Bertz CT molecular complexity index is 918. The Morgan fingerprint density at radius 2 is 2.07 bits per heavy atom. The van der Waals surface area contributed by atoms with Crippen LogP contribution in [0.4, 0.5) is 0 Å². The van der Waals surface area contributed by atoms with Crippen molar-refractivity contribution in [3.05, 3.63) is 57.8 Å². The SMILES string of the molecule is CCOc1ccc(-c2nc(CC(=O)N(C)Cc3cc(Br)cn3C)cs2)cc1. The lowest BCUT2D eigenvalue weighted by Gasteiger charge is -2.17. The number of benzene rings is 1. The molecule has 142 valence electrons. The van der Waals surface area contributed by atoms with Crippen LogP contribution in [0.1, 0.15) is 18.3 Å². The molecule has 3 rings (SSSR count). The summed E-state index contributed by atoms with van der Waals surface area (Å²) < 4.78 is 8.50. The Labute approximate surface area is 171 Å². The summed E-state index contributed by atoms with van der Waals surface area (Å²) in [6, 6.07) is 9.90. The van der Waals surface area contributed by atoms with E-state index in [1.54, 1.807) is 16.2 Å². The van der Waals surface area contributed by atoms with Crippen molar-refractivity contribution >= 4 is 33.2 Å². The molecule has 0 N–H and O–H groups in total. The predicted molar refractivity (Wildman–Crippen MR) is 112 cm³/mol. The molecule has 0 aliphatic carbocycles. The number of carbonyl (C=O) groups excluding carboxylic acids is 1. The number of aromatic nitrogens is 2. The van der Waals surface area contributed by atoms with Gasteiger partial charge in [-0.1, -0.05) is 0 Å². The number of ether oxygens (including phenoxy) is 1. The van der Waals surface area contributed by atoms with Gasteiger partial charge in [-0.05, 0) is 53.2 Å². The van der Waals surface area contributed by atoms with E-state index in [4.69, 9.17) is 4.74 Å². The second-order valence-electron chi connectivity index (χ2n) is 6.29. The monoisotopic (exact) mass is 447 g/mol. The standard InChI is InChI=1S/C20H22BrN3O2S/c1-4-26-18-7-5-14(6-8-18)20-22-16(13-27-20)10-19(25)24(3)12-17-9-15(21)11-23(17)2/h5-9,11,13H,4,10,12H2,1-3H3. The number of hydrogen-bond donors (Lipinski definition) is 0. The van der Waals surface area contributed by atoms with Crippen molar-refractivity contribution in [3.63, 3.8) is 0 Å². The molecular weight excluding hydrogens is 426 g/mol. The maximum absolute atomic E-state index is 12.6. The van der Waals surface area contributed by atoms with Gasteiger partial charge >= 0.3 is 0 Å². The molecule has 7 heteroatoms. The average Bonchev–Trinajstić information content (AvgIpc) is 3.22. The minimum Gasteiger partial charge on any atom is -0.494 e. The smallest absolute Gasteiger partial charge is 0.228 e. The van der Waals surface area contributed by atoms with E-state index in [2.05, 4.69) is 20.9 Å². The van der Waals surface area contributed by atoms with E-state index in [-0.39, 0.29) is 5.91 Å². The number of likely N-dealkylation sites (N-methyl/N-ethyl adjacent to an activating group) is 1. The zero-order chi connectivity index (χ0) is 19.4. The van der Waals surface area contributed by atoms with Gasteiger partial charge in [0.25, 0.3) is 0 Å². The number of carbonyl (C=O) groups is 1. The Hall–Kier alpha value is -2.12. The highest BCUT2D eigenvalue weighted by Crippen LogP contribution is 2.26. The van der Waals surface area contributed by atoms with E-state index in [1.807, 2.05) is 67.5 Å². The van der Waals surface area contributed by atoms with Crippen molar-refractivity contribution in [1.82, 2.24) is 14.5 Å². The topological polar surface area (TPSA) is 47.4 Å². The van der Waals surface area contributed by atoms with Gasteiger partial charge in [-0.3, -0.25) is 4.79 Å². The third-order valence-corrected chi connectivity index (χ3v) is 5.57. The van der Waals surface area contributed by atoms with Gasteiger partial charge in [0, 0.05) is 41.4 Å². The largest absolute Gasteiger partial charge is 0.494 e. The van der Waals surface area contributed by atoms with Crippen LogP contribution in [0.5, 0.6) is 5.75 Å². The summed E-state index contributed by atoms with van der Waals surface area (Å²) in [5.74, 6) is 0.901. The van der Waals surface area contributed by atoms with E-state index in [9.17, 15) is 4.79 Å². The summed E-state index contributed by atoms with van der Waals surface area (Å²) in [7, 11) is 3.80. The Morgan fingerprint density at radius 3 is 2.70 bits per heavy atom. The van der Waals surface area contributed by atoms with E-state index >= 15 is 0 Å². The highest BCUT2D eigenvalue weighted by molar-refractivity contribution is 9.10. The molecule has 0 atom stereocenters. The lowest BCUT2D eigenvalue weighted by Crippen LogP contribution is -2.28. The maximum atomic E-state index is 12.6. The van der Waals surface area contributed by atoms with Gasteiger partial charge in [0.15, 0.2) is 0 Å². The molecule has 0 aliphatic rings. The van der Waals surface area contributed by atoms with Gasteiger partial charge in [-0.25, -0.2) is 4.98 Å². The molecular formula is C20H22BrN3O2S. The number of halogens is 1. The fourth-order valence-corrected chi connectivity index (χ4v) is 4.12. The van der Waals surface area contributed by atoms with E-state index in [0.717, 1.165) is 32.2 Å². The molecule has 0 spiro atoms. The molecule has 1 aromatic carbocycles. The predicted octanol–water partition coefficient (Wildman–Crippen LogP) is 4.51. The summed E-state index contributed by atoms with van der Waals surface area (Å²) in [5.41, 5.74) is 2.91. The number of aryl methyl sites for hydroxylation is 1. The molecule has 0 radical (unpaired) electrons. The van der Waals surface area contributed by atoms with Crippen LogP contribution in [0.15, 0.2) is 46.4 Å². The van der Waals surface area contributed by atoms with Gasteiger partial charge in [-0.15, -0.1) is 11.3 Å². The molecule has 0 bridgehead atoms. The van der Waals surface area contributed by atoms with Crippen molar-refractivity contribution in [1.29, 1.82) is 0 Å². The van der Waals surface area contributed by atoms with E-state index in [0.29, 0.717) is 19.6 Å². The molecule has 0 fully saturated rings. The lowest BCUT2D eigenvalue weighted by molar-refractivity contribution is -0.129. The molecule has 0 saturated carbocycles. The van der Waals surface area contributed by atoms with Crippen molar-refractivity contribution < 1.29 is 9.53 Å². The Balaban J connectivity index is 1.62. The van der Waals surface area contributed by atoms with Crippen molar-refractivity contribution in [2.75, 3.05) is 13.7 Å². The molecule has 2 aromatic heterocycles. The number of nitrogens with zero attached hydrogens (tertiary/aromatic N) is 3. The average molecular weight is 448 g/mol. The molecule has 3 aromatic rings. The first kappa shape index (κ1) is 19.6. The Kier molecular flexibility index (Phi) is 6.34. The first-order chi connectivity index (χ1) is 13.0. The molecule has 0 aliphatic heterocycles. The van der Waals surface area contributed by atoms with Crippen LogP contribution in [-0.2, 0) is 24.8 Å². The fraction of sp³-hybridized carbons (Fsp3) is 0.300. The molecule has 2 heterocycles. The number of thiazole rings is 1. The van der Waals surface area contributed by atoms with E-state index < -0.39 is 0 Å². The summed E-state index contributed by atoms with van der Waals surface area (Å²) in [6.45, 7) is 3.18. The highest BCUT2D eigenvalue weighted by atomic mass is 79.9.